The number of amides is 1. The molecule has 1 aromatic rings. The first-order valence-corrected chi connectivity index (χ1v) is 12.1. The van der Waals surface area contributed by atoms with Crippen LogP contribution in [0.25, 0.3) is 5.76 Å². The number of primary amides is 1. The predicted octanol–water partition coefficient (Wildman–Crippen LogP) is 1.62. The average molecular weight is 483 g/mol. The molecule has 6 N–H and O–H groups in total. The molecule has 4 atom stereocenters. The van der Waals surface area contributed by atoms with Crippen molar-refractivity contribution in [3.05, 3.63) is 45.7 Å². The van der Waals surface area contributed by atoms with E-state index in [1.165, 1.54) is 6.07 Å². The van der Waals surface area contributed by atoms with Gasteiger partial charge >= 0.3 is 0 Å². The third-order valence-electron chi connectivity index (χ3n) is 8.24. The maximum absolute atomic E-state index is 13.9. The lowest BCUT2D eigenvalue weighted by Crippen LogP contribution is -2.66. The van der Waals surface area contributed by atoms with Gasteiger partial charge in [0.2, 0.25) is 5.78 Å². The van der Waals surface area contributed by atoms with Crippen LogP contribution in [0.2, 0.25) is 0 Å². The SMILES string of the molecule is CC(C)c1ccc(O)c2c1C[C@H]1C[C@H]3[C@@H](N4CCCC4)C(=O)C(C(N)=O)=C(O)[C@@]3(O)C(=O)C1=C2O. The van der Waals surface area contributed by atoms with Crippen molar-refractivity contribution < 1.29 is 34.8 Å². The third kappa shape index (κ3) is 3.11. The number of carbonyl (C=O) groups is 3. The zero-order valence-corrected chi connectivity index (χ0v) is 19.7. The maximum Gasteiger partial charge on any atom is 0.255 e. The van der Waals surface area contributed by atoms with Gasteiger partial charge in [-0.25, -0.2) is 0 Å². The van der Waals surface area contributed by atoms with Crippen molar-refractivity contribution in [3.8, 4) is 5.75 Å². The second-order valence-electron chi connectivity index (χ2n) is 10.4. The Balaban J connectivity index is 1.73. The van der Waals surface area contributed by atoms with E-state index in [0.717, 1.165) is 24.0 Å². The van der Waals surface area contributed by atoms with Gasteiger partial charge in [0.15, 0.2) is 11.4 Å². The fourth-order valence-electron chi connectivity index (χ4n) is 6.65. The number of aromatic hydroxyl groups is 1. The normalized spacial score (nSPS) is 31.0. The van der Waals surface area contributed by atoms with Crippen LogP contribution in [0.3, 0.4) is 0 Å². The largest absolute Gasteiger partial charge is 0.508 e. The van der Waals surface area contributed by atoms with E-state index in [1.807, 2.05) is 18.7 Å². The number of phenolic OH excluding ortho intramolecular Hbond substituents is 1. The van der Waals surface area contributed by atoms with E-state index in [9.17, 15) is 34.8 Å². The van der Waals surface area contributed by atoms with Crippen LogP contribution < -0.4 is 5.73 Å². The van der Waals surface area contributed by atoms with Gasteiger partial charge < -0.3 is 26.2 Å². The molecular formula is C26H30N2O7. The minimum atomic E-state index is -2.59. The molecule has 1 saturated carbocycles. The molecule has 35 heavy (non-hydrogen) atoms. The lowest BCUT2D eigenvalue weighted by Gasteiger charge is -2.50. The van der Waals surface area contributed by atoms with E-state index in [-0.39, 0.29) is 29.2 Å². The standard InChI is InChI=1S/C26H30N2O7/c1-11(2)13-5-6-16(29)18-14(13)9-12-10-15-20(28-7-3-4-8-28)22(31)19(25(27)34)24(33)26(15,35)23(32)17(12)21(18)30/h5-6,11-12,15,20,29-30,33,35H,3-4,7-10H2,1-2H3,(H2,27,34)/t12-,15-,20+,26-/m0/s1. The molecule has 2 fully saturated rings. The summed E-state index contributed by atoms with van der Waals surface area (Å²) in [4.78, 5) is 41.3. The number of hydrogen-bond acceptors (Lipinski definition) is 8. The lowest BCUT2D eigenvalue weighted by molar-refractivity contribution is -0.154. The smallest absolute Gasteiger partial charge is 0.255 e. The number of nitrogens with zero attached hydrogens (tertiary/aromatic N) is 1. The van der Waals surface area contributed by atoms with Gasteiger partial charge in [0, 0.05) is 11.5 Å². The summed E-state index contributed by atoms with van der Waals surface area (Å²) < 4.78 is 0. The van der Waals surface area contributed by atoms with E-state index < -0.39 is 58.0 Å². The molecule has 1 heterocycles. The molecule has 0 aromatic heterocycles. The highest BCUT2D eigenvalue weighted by atomic mass is 16.3. The number of hydrogen-bond donors (Lipinski definition) is 5. The Morgan fingerprint density at radius 3 is 2.40 bits per heavy atom. The van der Waals surface area contributed by atoms with Gasteiger partial charge in [-0.15, -0.1) is 0 Å². The van der Waals surface area contributed by atoms with Crippen LogP contribution in [-0.4, -0.2) is 67.5 Å². The van der Waals surface area contributed by atoms with Gasteiger partial charge in [0.05, 0.1) is 11.6 Å². The Bertz CT molecular complexity index is 1220. The first-order chi connectivity index (χ1) is 16.5. The maximum atomic E-state index is 13.9. The molecule has 1 amide bonds. The summed E-state index contributed by atoms with van der Waals surface area (Å²) in [5.41, 5.74) is 3.72. The molecule has 9 nitrogen and oxygen atoms in total. The van der Waals surface area contributed by atoms with E-state index in [4.69, 9.17) is 5.73 Å². The highest BCUT2D eigenvalue weighted by Crippen LogP contribution is 2.53. The molecule has 1 aliphatic heterocycles. The number of ketones is 2. The Morgan fingerprint density at radius 1 is 1.14 bits per heavy atom. The summed E-state index contributed by atoms with van der Waals surface area (Å²) in [5.74, 6) is -6.04. The Kier molecular flexibility index (Phi) is 5.34. The number of likely N-dealkylation sites (tertiary alicyclic amines) is 1. The molecule has 1 saturated heterocycles. The van der Waals surface area contributed by atoms with E-state index >= 15 is 0 Å². The molecule has 0 unspecified atom stereocenters. The molecule has 3 aliphatic carbocycles. The zero-order chi connectivity index (χ0) is 25.4. The van der Waals surface area contributed by atoms with Crippen molar-refractivity contribution in [1.82, 2.24) is 4.90 Å². The summed E-state index contributed by atoms with van der Waals surface area (Å²) in [6, 6.07) is 2.26. The number of fused-ring (bicyclic) bond motifs is 3. The van der Waals surface area contributed by atoms with Gasteiger partial charge in [-0.3, -0.25) is 19.3 Å². The molecule has 1 aromatic carbocycles. The van der Waals surface area contributed by atoms with Crippen LogP contribution in [0, 0.1) is 11.8 Å². The topological polar surface area (TPSA) is 161 Å². The van der Waals surface area contributed by atoms with Crippen molar-refractivity contribution in [2.24, 2.45) is 17.6 Å². The quantitative estimate of drug-likeness (QED) is 0.406. The molecule has 0 bridgehead atoms. The van der Waals surface area contributed by atoms with Crippen LogP contribution in [-0.2, 0) is 20.8 Å². The molecular weight excluding hydrogens is 452 g/mol. The number of benzene rings is 1. The number of carbonyl (C=O) groups excluding carboxylic acids is 3. The summed E-state index contributed by atoms with van der Waals surface area (Å²) >= 11 is 0. The fraction of sp³-hybridized carbons (Fsp3) is 0.500. The minimum absolute atomic E-state index is 0.0913. The second-order valence-corrected chi connectivity index (χ2v) is 10.4. The van der Waals surface area contributed by atoms with Crippen LogP contribution >= 0.6 is 0 Å². The van der Waals surface area contributed by atoms with Crippen LogP contribution in [0.5, 0.6) is 5.75 Å². The summed E-state index contributed by atoms with van der Waals surface area (Å²) in [6.07, 6.45) is 2.09. The summed E-state index contributed by atoms with van der Waals surface area (Å²) in [5, 5.41) is 44.5. The summed E-state index contributed by atoms with van der Waals surface area (Å²) in [6.45, 7) is 5.09. The second kappa shape index (κ2) is 7.93. The first kappa shape index (κ1) is 23.6. The van der Waals surface area contributed by atoms with Crippen molar-refractivity contribution in [1.29, 1.82) is 0 Å². The average Bonchev–Trinajstić information content (AvgIpc) is 3.30. The molecule has 4 aliphatic rings. The van der Waals surface area contributed by atoms with Gasteiger partial charge in [-0.1, -0.05) is 19.9 Å². The van der Waals surface area contributed by atoms with Gasteiger partial charge in [0.1, 0.15) is 22.8 Å². The minimum Gasteiger partial charge on any atom is -0.508 e. The van der Waals surface area contributed by atoms with Crippen LogP contribution in [0.4, 0.5) is 0 Å². The van der Waals surface area contributed by atoms with Crippen LogP contribution in [0.1, 0.15) is 55.7 Å². The number of aliphatic hydroxyl groups excluding tert-OH is 2. The molecule has 186 valence electrons. The highest BCUT2D eigenvalue weighted by Gasteiger charge is 2.64. The molecule has 9 heteroatoms. The number of rotatable bonds is 3. The predicted molar refractivity (Wildman–Crippen MR) is 125 cm³/mol. The first-order valence-electron chi connectivity index (χ1n) is 12.1. The Labute approximate surface area is 202 Å². The lowest BCUT2D eigenvalue weighted by atomic mass is 9.57. The number of nitrogens with two attached hydrogens (primary N) is 1. The van der Waals surface area contributed by atoms with Crippen molar-refractivity contribution in [2.45, 2.75) is 57.1 Å². The highest BCUT2D eigenvalue weighted by molar-refractivity contribution is 6.24. The Hall–Kier alpha value is -3.17. The van der Waals surface area contributed by atoms with Crippen molar-refractivity contribution in [2.75, 3.05) is 13.1 Å². The molecule has 0 radical (unpaired) electrons. The Morgan fingerprint density at radius 2 is 1.80 bits per heavy atom. The van der Waals surface area contributed by atoms with Crippen LogP contribution in [0.15, 0.2) is 29.0 Å². The zero-order valence-electron chi connectivity index (χ0n) is 19.7. The third-order valence-corrected chi connectivity index (χ3v) is 8.24. The monoisotopic (exact) mass is 482 g/mol. The van der Waals surface area contributed by atoms with Gasteiger partial charge in [-0.2, -0.15) is 0 Å². The van der Waals surface area contributed by atoms with Crippen molar-refractivity contribution >= 4 is 23.2 Å². The fourth-order valence-corrected chi connectivity index (χ4v) is 6.65. The number of aliphatic hydroxyl groups is 3. The number of Topliss-reactive ketones (excluding diaryl/α,β-unsaturated/α-hetero) is 2. The van der Waals surface area contributed by atoms with Crippen molar-refractivity contribution in [3.63, 3.8) is 0 Å². The van der Waals surface area contributed by atoms with E-state index in [2.05, 4.69) is 0 Å². The van der Waals surface area contributed by atoms with E-state index in [1.54, 1.807) is 6.07 Å². The van der Waals surface area contributed by atoms with Gasteiger partial charge in [-0.05, 0) is 67.8 Å². The number of phenols is 1. The van der Waals surface area contributed by atoms with E-state index in [0.29, 0.717) is 19.5 Å². The molecule has 0 spiro atoms. The van der Waals surface area contributed by atoms with Gasteiger partial charge in [0.25, 0.3) is 5.91 Å². The summed E-state index contributed by atoms with van der Waals surface area (Å²) in [7, 11) is 0. The molecule has 5 rings (SSSR count).